The van der Waals surface area contributed by atoms with Crippen LogP contribution >= 0.6 is 0 Å². The number of ether oxygens (including phenoxy) is 2. The van der Waals surface area contributed by atoms with Crippen LogP contribution in [0.3, 0.4) is 0 Å². The molecule has 2 unspecified atom stereocenters. The lowest BCUT2D eigenvalue weighted by Crippen LogP contribution is -2.46. The molecule has 1 heterocycles. The molecular weight excluding hydrogens is 240 g/mol. The van der Waals surface area contributed by atoms with E-state index in [1.165, 1.54) is 12.0 Å². The second-order valence-electron chi connectivity index (χ2n) is 4.20. The van der Waals surface area contributed by atoms with Gasteiger partial charge in [-0.15, -0.1) is 0 Å². The predicted molar refractivity (Wildman–Crippen MR) is 63.3 cm³/mol. The number of aliphatic carboxylic acids is 1. The van der Waals surface area contributed by atoms with Gasteiger partial charge in [-0.05, 0) is 6.42 Å². The van der Waals surface area contributed by atoms with Gasteiger partial charge in [0.25, 0.3) is 0 Å². The van der Waals surface area contributed by atoms with E-state index in [-0.39, 0.29) is 31.1 Å². The van der Waals surface area contributed by atoms with Crippen LogP contribution in [0.2, 0.25) is 0 Å². The molecule has 0 saturated carbocycles. The number of nitrogens with zero attached hydrogens (tertiary/aromatic N) is 1. The van der Waals surface area contributed by atoms with Crippen molar-refractivity contribution in [3.63, 3.8) is 0 Å². The maximum absolute atomic E-state index is 12.1. The first-order chi connectivity index (χ1) is 8.58. The highest BCUT2D eigenvalue weighted by molar-refractivity contribution is 5.85. The summed E-state index contributed by atoms with van der Waals surface area (Å²) in [4.78, 5) is 24.2. The minimum Gasteiger partial charge on any atom is -0.480 e. The number of nitrogens with one attached hydrogen (secondary N) is 1. The molecule has 0 aromatic heterocycles. The van der Waals surface area contributed by atoms with Gasteiger partial charge in [-0.2, -0.15) is 0 Å². The van der Waals surface area contributed by atoms with Gasteiger partial charge in [0.15, 0.2) is 0 Å². The van der Waals surface area contributed by atoms with E-state index in [4.69, 9.17) is 14.6 Å². The number of rotatable bonds is 7. The van der Waals surface area contributed by atoms with Crippen LogP contribution in [0.15, 0.2) is 0 Å². The Kier molecular flexibility index (Phi) is 6.03. The number of carboxylic acid groups (broad SMARTS) is 1. The lowest BCUT2D eigenvalue weighted by Gasteiger charge is -2.23. The molecule has 0 aromatic carbocycles. The van der Waals surface area contributed by atoms with Crippen LogP contribution in [0.1, 0.15) is 6.42 Å². The standard InChI is InChI=1S/C11H20N2O5/c1-17-4-3-13(7-10(14)15)11(16)9-5-8(18-2)6-12-9/h8-9,12H,3-7H2,1-2H3,(H,14,15). The van der Waals surface area contributed by atoms with Gasteiger partial charge in [0.2, 0.25) is 5.91 Å². The van der Waals surface area contributed by atoms with E-state index in [1.54, 1.807) is 7.11 Å². The summed E-state index contributed by atoms with van der Waals surface area (Å²) in [6.45, 7) is 0.896. The molecule has 1 saturated heterocycles. The Bertz CT molecular complexity index is 297. The molecule has 1 aliphatic heterocycles. The molecule has 1 aliphatic rings. The third kappa shape index (κ3) is 4.25. The monoisotopic (exact) mass is 260 g/mol. The van der Waals surface area contributed by atoms with Crippen molar-refractivity contribution >= 4 is 11.9 Å². The second kappa shape index (κ2) is 7.30. The van der Waals surface area contributed by atoms with Crippen molar-refractivity contribution in [1.82, 2.24) is 10.2 Å². The van der Waals surface area contributed by atoms with Crippen LogP contribution in [0.5, 0.6) is 0 Å². The summed E-state index contributed by atoms with van der Waals surface area (Å²) in [6, 6.07) is -0.369. The van der Waals surface area contributed by atoms with Crippen LogP contribution in [-0.4, -0.2) is 74.5 Å². The molecule has 0 aliphatic carbocycles. The van der Waals surface area contributed by atoms with E-state index >= 15 is 0 Å². The Labute approximate surface area is 106 Å². The number of hydrogen-bond donors (Lipinski definition) is 2. The fraction of sp³-hybridized carbons (Fsp3) is 0.818. The molecule has 1 rings (SSSR count). The molecule has 0 spiro atoms. The van der Waals surface area contributed by atoms with E-state index in [0.29, 0.717) is 19.6 Å². The third-order valence-corrected chi connectivity index (χ3v) is 2.93. The maximum Gasteiger partial charge on any atom is 0.323 e. The van der Waals surface area contributed by atoms with Crippen LogP contribution in [0.25, 0.3) is 0 Å². The van der Waals surface area contributed by atoms with Crippen molar-refractivity contribution in [3.05, 3.63) is 0 Å². The number of carbonyl (C=O) groups is 2. The van der Waals surface area contributed by atoms with Crippen molar-refractivity contribution < 1.29 is 24.2 Å². The summed E-state index contributed by atoms with van der Waals surface area (Å²) in [5, 5.41) is 11.8. The zero-order valence-corrected chi connectivity index (χ0v) is 10.7. The Balaban J connectivity index is 2.55. The molecule has 2 N–H and O–H groups in total. The van der Waals surface area contributed by atoms with Crippen molar-refractivity contribution in [1.29, 1.82) is 0 Å². The minimum atomic E-state index is -1.03. The minimum absolute atomic E-state index is 0.00746. The normalized spacial score (nSPS) is 23.0. The van der Waals surface area contributed by atoms with Crippen LogP contribution in [-0.2, 0) is 19.1 Å². The molecule has 0 radical (unpaired) electrons. The number of hydrogen-bond acceptors (Lipinski definition) is 5. The highest BCUT2D eigenvalue weighted by atomic mass is 16.5. The van der Waals surface area contributed by atoms with Gasteiger partial charge in [0.05, 0.1) is 18.8 Å². The average Bonchev–Trinajstić information content (AvgIpc) is 2.81. The van der Waals surface area contributed by atoms with Gasteiger partial charge in [-0.1, -0.05) is 0 Å². The molecule has 0 aromatic rings. The Morgan fingerprint density at radius 1 is 1.44 bits per heavy atom. The first kappa shape index (κ1) is 14.9. The summed E-state index contributed by atoms with van der Waals surface area (Å²) in [5.41, 5.74) is 0. The molecule has 7 heteroatoms. The number of amides is 1. The van der Waals surface area contributed by atoms with E-state index < -0.39 is 5.97 Å². The fourth-order valence-electron chi connectivity index (χ4n) is 1.92. The predicted octanol–water partition coefficient (Wildman–Crippen LogP) is -1.08. The van der Waals surface area contributed by atoms with Gasteiger partial charge in [-0.3, -0.25) is 9.59 Å². The first-order valence-electron chi connectivity index (χ1n) is 5.84. The second-order valence-corrected chi connectivity index (χ2v) is 4.20. The third-order valence-electron chi connectivity index (χ3n) is 2.93. The molecule has 2 atom stereocenters. The van der Waals surface area contributed by atoms with E-state index in [1.807, 2.05) is 0 Å². The Morgan fingerprint density at radius 3 is 2.67 bits per heavy atom. The smallest absolute Gasteiger partial charge is 0.323 e. The summed E-state index contributed by atoms with van der Waals surface area (Å²) < 4.78 is 10.0. The fourth-order valence-corrected chi connectivity index (χ4v) is 1.92. The van der Waals surface area contributed by atoms with Crippen LogP contribution < -0.4 is 5.32 Å². The lowest BCUT2D eigenvalue weighted by atomic mass is 10.1. The number of carbonyl (C=O) groups excluding carboxylic acids is 1. The molecule has 7 nitrogen and oxygen atoms in total. The molecule has 0 bridgehead atoms. The quantitative estimate of drug-likeness (QED) is 0.605. The van der Waals surface area contributed by atoms with E-state index in [9.17, 15) is 9.59 Å². The molecule has 1 amide bonds. The Morgan fingerprint density at radius 2 is 2.17 bits per heavy atom. The summed E-state index contributed by atoms with van der Waals surface area (Å²) >= 11 is 0. The topological polar surface area (TPSA) is 88.1 Å². The van der Waals surface area contributed by atoms with Crippen molar-refractivity contribution in [2.75, 3.05) is 40.5 Å². The summed E-state index contributed by atoms with van der Waals surface area (Å²) in [5.74, 6) is -1.24. The lowest BCUT2D eigenvalue weighted by molar-refractivity contribution is -0.145. The maximum atomic E-state index is 12.1. The van der Waals surface area contributed by atoms with Gasteiger partial charge in [0.1, 0.15) is 6.54 Å². The Hall–Kier alpha value is -1.18. The van der Waals surface area contributed by atoms with E-state index in [0.717, 1.165) is 0 Å². The van der Waals surface area contributed by atoms with Gasteiger partial charge < -0.3 is 24.8 Å². The first-order valence-corrected chi connectivity index (χ1v) is 5.84. The van der Waals surface area contributed by atoms with Crippen molar-refractivity contribution in [3.8, 4) is 0 Å². The summed E-state index contributed by atoms with van der Waals surface area (Å²) in [7, 11) is 3.11. The highest BCUT2D eigenvalue weighted by Gasteiger charge is 2.32. The molecule has 1 fully saturated rings. The molecule has 104 valence electrons. The summed E-state index contributed by atoms with van der Waals surface area (Å²) in [6.07, 6.45) is 0.575. The zero-order chi connectivity index (χ0) is 13.5. The van der Waals surface area contributed by atoms with E-state index in [2.05, 4.69) is 5.32 Å². The molecular formula is C11H20N2O5. The van der Waals surface area contributed by atoms with Crippen LogP contribution in [0.4, 0.5) is 0 Å². The molecule has 18 heavy (non-hydrogen) atoms. The highest BCUT2D eigenvalue weighted by Crippen LogP contribution is 2.12. The number of carboxylic acids is 1. The van der Waals surface area contributed by atoms with Crippen molar-refractivity contribution in [2.24, 2.45) is 0 Å². The largest absolute Gasteiger partial charge is 0.480 e. The van der Waals surface area contributed by atoms with Crippen LogP contribution in [0, 0.1) is 0 Å². The average molecular weight is 260 g/mol. The SMILES string of the molecule is COCCN(CC(=O)O)C(=O)C1CC(OC)CN1. The van der Waals surface area contributed by atoms with Gasteiger partial charge in [-0.25, -0.2) is 0 Å². The number of methoxy groups -OCH3 is 2. The van der Waals surface area contributed by atoms with Crippen molar-refractivity contribution in [2.45, 2.75) is 18.6 Å². The zero-order valence-electron chi connectivity index (χ0n) is 10.7. The van der Waals surface area contributed by atoms with Gasteiger partial charge >= 0.3 is 5.97 Å². The van der Waals surface area contributed by atoms with Gasteiger partial charge in [0, 0.05) is 27.3 Å².